The van der Waals surface area contributed by atoms with Crippen LogP contribution in [0.15, 0.2) is 72.9 Å². The maximum atomic E-state index is 5.37. The van der Waals surface area contributed by atoms with Crippen LogP contribution in [-0.4, -0.2) is 30.2 Å². The monoisotopic (exact) mass is 373 g/mol. The fraction of sp³-hybridized carbons (Fsp3) is 0.182. The third-order valence-electron chi connectivity index (χ3n) is 4.57. The second kappa shape index (κ2) is 8.43. The summed E-state index contributed by atoms with van der Waals surface area (Å²) < 4.78 is 5.37. The molecule has 1 aliphatic rings. The van der Waals surface area contributed by atoms with E-state index in [9.17, 15) is 0 Å². The van der Waals surface area contributed by atoms with Crippen molar-refractivity contribution in [2.24, 2.45) is 0 Å². The highest BCUT2D eigenvalue weighted by molar-refractivity contribution is 5.65. The van der Waals surface area contributed by atoms with Crippen molar-refractivity contribution < 1.29 is 4.74 Å². The molecule has 2 aromatic carbocycles. The third-order valence-corrected chi connectivity index (χ3v) is 4.57. The van der Waals surface area contributed by atoms with Crippen LogP contribution in [0.2, 0.25) is 0 Å². The van der Waals surface area contributed by atoms with Crippen LogP contribution in [0, 0.1) is 0 Å². The lowest BCUT2D eigenvalue weighted by Crippen LogP contribution is -2.26. The number of ether oxygens (including phenoxy) is 1. The normalized spacial score (nSPS) is 13.2. The molecule has 2 N–H and O–H groups in total. The molecule has 142 valence electrons. The van der Waals surface area contributed by atoms with Gasteiger partial charge in [-0.25, -0.2) is 4.98 Å². The van der Waals surface area contributed by atoms with Crippen molar-refractivity contribution >= 4 is 28.8 Å². The average Bonchev–Trinajstić information content (AvgIpc) is 2.76. The molecule has 0 unspecified atom stereocenters. The van der Waals surface area contributed by atoms with Crippen LogP contribution in [0.4, 0.5) is 28.8 Å². The van der Waals surface area contributed by atoms with Crippen molar-refractivity contribution in [3.8, 4) is 5.75 Å². The van der Waals surface area contributed by atoms with E-state index in [1.807, 2.05) is 30.3 Å². The van der Waals surface area contributed by atoms with Crippen molar-refractivity contribution in [1.82, 2.24) is 9.97 Å². The van der Waals surface area contributed by atoms with Gasteiger partial charge < -0.3 is 20.3 Å². The number of nitrogens with zero attached hydrogens (tertiary/aromatic N) is 3. The van der Waals surface area contributed by atoms with E-state index in [0.717, 1.165) is 36.6 Å². The maximum Gasteiger partial charge on any atom is 0.229 e. The van der Waals surface area contributed by atoms with Gasteiger partial charge in [0.2, 0.25) is 5.95 Å². The van der Waals surface area contributed by atoms with Crippen molar-refractivity contribution in [2.45, 2.75) is 6.42 Å². The number of anilines is 5. The molecule has 0 fully saturated rings. The van der Waals surface area contributed by atoms with Crippen LogP contribution in [0.5, 0.6) is 5.75 Å². The first-order chi connectivity index (χ1) is 13.8. The van der Waals surface area contributed by atoms with E-state index < -0.39 is 0 Å². The second-order valence-corrected chi connectivity index (χ2v) is 6.47. The van der Waals surface area contributed by atoms with Crippen molar-refractivity contribution in [3.05, 3.63) is 72.9 Å². The molecule has 6 nitrogen and oxygen atoms in total. The Morgan fingerprint density at radius 3 is 2.61 bits per heavy atom. The molecular formula is C22H23N5O. The summed E-state index contributed by atoms with van der Waals surface area (Å²) >= 11 is 0. The molecule has 1 aliphatic heterocycles. The molecule has 0 radical (unpaired) electrons. The third kappa shape index (κ3) is 4.23. The van der Waals surface area contributed by atoms with Crippen LogP contribution in [0.1, 0.15) is 6.42 Å². The van der Waals surface area contributed by atoms with Gasteiger partial charge >= 0.3 is 0 Å². The summed E-state index contributed by atoms with van der Waals surface area (Å²) in [4.78, 5) is 11.2. The molecular weight excluding hydrogens is 350 g/mol. The Balaban J connectivity index is 1.45. The van der Waals surface area contributed by atoms with Gasteiger partial charge in [-0.3, -0.25) is 0 Å². The molecule has 3 aromatic rings. The van der Waals surface area contributed by atoms with Crippen LogP contribution < -0.4 is 20.3 Å². The van der Waals surface area contributed by atoms with E-state index in [4.69, 9.17) is 4.74 Å². The molecule has 0 saturated carbocycles. The van der Waals surface area contributed by atoms with Crippen LogP contribution >= 0.6 is 0 Å². The minimum atomic E-state index is 0.536. The van der Waals surface area contributed by atoms with Gasteiger partial charge in [0.1, 0.15) is 11.6 Å². The Hall–Kier alpha value is -3.54. The van der Waals surface area contributed by atoms with Gasteiger partial charge in [-0.15, -0.1) is 0 Å². The van der Waals surface area contributed by atoms with E-state index >= 15 is 0 Å². The Kier molecular flexibility index (Phi) is 5.38. The first-order valence-corrected chi connectivity index (χ1v) is 9.32. The van der Waals surface area contributed by atoms with Crippen molar-refractivity contribution in [3.63, 3.8) is 0 Å². The molecule has 4 rings (SSSR count). The van der Waals surface area contributed by atoms with Crippen molar-refractivity contribution in [2.75, 3.05) is 35.7 Å². The van der Waals surface area contributed by atoms with E-state index in [0.29, 0.717) is 11.8 Å². The summed E-state index contributed by atoms with van der Waals surface area (Å²) in [5.74, 6) is 1.99. The highest BCUT2D eigenvalue weighted by Gasteiger charge is 2.08. The van der Waals surface area contributed by atoms with Crippen LogP contribution in [0.3, 0.4) is 0 Å². The number of para-hydroxylation sites is 2. The molecule has 0 saturated heterocycles. The van der Waals surface area contributed by atoms with Gasteiger partial charge in [0.15, 0.2) is 0 Å². The standard InChI is InChI=1S/C22H23N5O/c1-28-20-8-4-3-7-19(20)25-21-13-14-23-22(26-21)24-17-9-11-18(12-10-17)27-15-5-2-6-16-27/h2-5,7-14H,6,15-16H2,1H3,(H2,23,24,25,26). The zero-order valence-electron chi connectivity index (χ0n) is 15.8. The van der Waals surface area contributed by atoms with Gasteiger partial charge in [-0.2, -0.15) is 4.98 Å². The van der Waals surface area contributed by atoms with Crippen LogP contribution in [0.25, 0.3) is 0 Å². The number of methoxy groups -OCH3 is 1. The molecule has 28 heavy (non-hydrogen) atoms. The zero-order chi connectivity index (χ0) is 19.2. The minimum Gasteiger partial charge on any atom is -0.495 e. The highest BCUT2D eigenvalue weighted by Crippen LogP contribution is 2.27. The predicted octanol–water partition coefficient (Wildman–Crippen LogP) is 4.74. The first-order valence-electron chi connectivity index (χ1n) is 9.32. The summed E-state index contributed by atoms with van der Waals surface area (Å²) in [5.41, 5.74) is 3.03. The summed E-state index contributed by atoms with van der Waals surface area (Å²) in [6.45, 7) is 2.02. The number of nitrogens with one attached hydrogen (secondary N) is 2. The molecule has 6 heteroatoms. The molecule has 0 spiro atoms. The predicted molar refractivity (Wildman–Crippen MR) is 114 cm³/mol. The lowest BCUT2D eigenvalue weighted by atomic mass is 10.2. The number of benzene rings is 2. The largest absolute Gasteiger partial charge is 0.495 e. The summed E-state index contributed by atoms with van der Waals surface area (Å²) in [6.07, 6.45) is 7.26. The Morgan fingerprint density at radius 1 is 0.964 bits per heavy atom. The smallest absolute Gasteiger partial charge is 0.229 e. The average molecular weight is 373 g/mol. The van der Waals surface area contributed by atoms with Crippen molar-refractivity contribution in [1.29, 1.82) is 0 Å². The topological polar surface area (TPSA) is 62.3 Å². The molecule has 1 aromatic heterocycles. The van der Waals surface area contributed by atoms with Gasteiger partial charge in [-0.05, 0) is 48.9 Å². The summed E-state index contributed by atoms with van der Waals surface area (Å²) in [5, 5.41) is 6.54. The molecule has 0 amide bonds. The molecule has 0 aliphatic carbocycles. The number of rotatable bonds is 6. The number of hydrogen-bond acceptors (Lipinski definition) is 6. The Bertz CT molecular complexity index is 955. The molecule has 0 bridgehead atoms. The van der Waals surface area contributed by atoms with E-state index in [-0.39, 0.29) is 0 Å². The second-order valence-electron chi connectivity index (χ2n) is 6.47. The fourth-order valence-corrected chi connectivity index (χ4v) is 3.13. The van der Waals surface area contributed by atoms with E-state index in [2.05, 4.69) is 61.9 Å². The SMILES string of the molecule is COc1ccccc1Nc1ccnc(Nc2ccc(N3CC=CCC3)cc2)n1. The lowest BCUT2D eigenvalue weighted by molar-refractivity contribution is 0.417. The van der Waals surface area contributed by atoms with E-state index in [1.165, 1.54) is 5.69 Å². The quantitative estimate of drug-likeness (QED) is 0.609. The van der Waals surface area contributed by atoms with Crippen LogP contribution in [-0.2, 0) is 0 Å². The fourth-order valence-electron chi connectivity index (χ4n) is 3.13. The lowest BCUT2D eigenvalue weighted by Gasteiger charge is -2.25. The van der Waals surface area contributed by atoms with Gasteiger partial charge in [0.25, 0.3) is 0 Å². The first kappa shape index (κ1) is 17.9. The number of aromatic nitrogens is 2. The van der Waals surface area contributed by atoms with Gasteiger partial charge in [0, 0.05) is 30.7 Å². The molecule has 2 heterocycles. The minimum absolute atomic E-state index is 0.536. The summed E-state index contributed by atoms with van der Waals surface area (Å²) in [7, 11) is 1.65. The maximum absolute atomic E-state index is 5.37. The molecule has 0 atom stereocenters. The number of hydrogen-bond donors (Lipinski definition) is 2. The van der Waals surface area contributed by atoms with E-state index in [1.54, 1.807) is 13.3 Å². The van der Waals surface area contributed by atoms with Gasteiger partial charge in [-0.1, -0.05) is 24.3 Å². The Labute approximate surface area is 164 Å². The summed E-state index contributed by atoms with van der Waals surface area (Å²) in [6, 6.07) is 17.9. The highest BCUT2D eigenvalue weighted by atomic mass is 16.5. The Morgan fingerprint density at radius 2 is 1.82 bits per heavy atom. The van der Waals surface area contributed by atoms with Gasteiger partial charge in [0.05, 0.1) is 12.8 Å². The zero-order valence-corrected chi connectivity index (χ0v) is 15.8.